The summed E-state index contributed by atoms with van der Waals surface area (Å²) < 4.78 is 11.1. The van der Waals surface area contributed by atoms with Gasteiger partial charge in [0.2, 0.25) is 5.88 Å². The number of hydrogen-bond acceptors (Lipinski definition) is 4. The van der Waals surface area contributed by atoms with Crippen molar-refractivity contribution in [2.75, 3.05) is 19.0 Å². The number of rotatable bonds is 5. The highest BCUT2D eigenvalue weighted by Crippen LogP contribution is 2.23. The number of aromatic nitrogens is 1. The van der Waals surface area contributed by atoms with Gasteiger partial charge in [0, 0.05) is 10.5 Å². The van der Waals surface area contributed by atoms with Crippen LogP contribution in [0, 0.1) is 0 Å². The minimum atomic E-state index is -0.244. The molecule has 0 fully saturated rings. The third-order valence-electron chi connectivity index (χ3n) is 2.70. The molecule has 5 nitrogen and oxygen atoms in total. The van der Waals surface area contributed by atoms with Crippen LogP contribution >= 0.6 is 15.9 Å². The Balaban J connectivity index is 2.14. The summed E-state index contributed by atoms with van der Waals surface area (Å²) in [6, 6.07) is 8.66. The minimum absolute atomic E-state index is 0.244. The van der Waals surface area contributed by atoms with E-state index in [2.05, 4.69) is 26.2 Å². The van der Waals surface area contributed by atoms with Crippen molar-refractivity contribution in [2.24, 2.45) is 0 Å². The zero-order valence-corrected chi connectivity index (χ0v) is 13.3. The number of hydrogen-bond donors (Lipinski definition) is 1. The second-order valence-corrected chi connectivity index (χ2v) is 4.97. The molecule has 0 spiro atoms. The fourth-order valence-corrected chi connectivity index (χ4v) is 2.12. The molecule has 1 aromatic carbocycles. The highest BCUT2D eigenvalue weighted by atomic mass is 79.9. The van der Waals surface area contributed by atoms with E-state index in [0.717, 1.165) is 0 Å². The van der Waals surface area contributed by atoms with Gasteiger partial charge in [-0.2, -0.15) is 0 Å². The topological polar surface area (TPSA) is 60.5 Å². The molecule has 1 N–H and O–H groups in total. The van der Waals surface area contributed by atoms with Gasteiger partial charge in [-0.1, -0.05) is 0 Å². The Hall–Kier alpha value is -2.08. The highest BCUT2D eigenvalue weighted by Gasteiger charge is 2.12. The summed E-state index contributed by atoms with van der Waals surface area (Å²) in [5, 5.41) is 2.78. The van der Waals surface area contributed by atoms with Crippen LogP contribution in [0.25, 0.3) is 0 Å². The number of amides is 1. The Morgan fingerprint density at radius 1 is 1.33 bits per heavy atom. The number of ether oxygens (including phenoxy) is 2. The summed E-state index contributed by atoms with van der Waals surface area (Å²) in [6.07, 6.45) is 1.55. The van der Waals surface area contributed by atoms with E-state index in [1.54, 1.807) is 43.6 Å². The first kappa shape index (κ1) is 15.3. The lowest BCUT2D eigenvalue weighted by Gasteiger charge is -2.09. The normalized spacial score (nSPS) is 10.0. The van der Waals surface area contributed by atoms with Gasteiger partial charge in [0.15, 0.2) is 0 Å². The third-order valence-corrected chi connectivity index (χ3v) is 3.40. The van der Waals surface area contributed by atoms with E-state index in [0.29, 0.717) is 34.0 Å². The number of nitrogens with zero attached hydrogens (tertiary/aromatic N) is 1. The minimum Gasteiger partial charge on any atom is -0.497 e. The van der Waals surface area contributed by atoms with E-state index in [9.17, 15) is 4.79 Å². The summed E-state index contributed by atoms with van der Waals surface area (Å²) in [5.41, 5.74) is 1.08. The lowest BCUT2D eigenvalue weighted by molar-refractivity contribution is 0.102. The summed E-state index contributed by atoms with van der Waals surface area (Å²) in [6.45, 7) is 2.44. The highest BCUT2D eigenvalue weighted by molar-refractivity contribution is 9.10. The number of anilines is 1. The van der Waals surface area contributed by atoms with Crippen molar-refractivity contribution >= 4 is 27.5 Å². The summed E-state index contributed by atoms with van der Waals surface area (Å²) in [4.78, 5) is 16.4. The van der Waals surface area contributed by atoms with Crippen molar-refractivity contribution in [1.29, 1.82) is 0 Å². The van der Waals surface area contributed by atoms with Crippen LogP contribution in [0.1, 0.15) is 17.3 Å². The molecule has 21 heavy (non-hydrogen) atoms. The van der Waals surface area contributed by atoms with E-state index in [1.807, 2.05) is 6.92 Å². The van der Waals surface area contributed by atoms with Crippen molar-refractivity contribution < 1.29 is 14.3 Å². The molecule has 1 aromatic heterocycles. The second kappa shape index (κ2) is 7.08. The van der Waals surface area contributed by atoms with Crippen LogP contribution in [0.3, 0.4) is 0 Å². The number of carbonyl (C=O) groups excluding carboxylic acids is 1. The van der Waals surface area contributed by atoms with Gasteiger partial charge < -0.3 is 14.8 Å². The maximum Gasteiger partial charge on any atom is 0.256 e. The zero-order chi connectivity index (χ0) is 15.2. The molecular formula is C15H15BrN2O3. The van der Waals surface area contributed by atoms with Crippen LogP contribution in [0.5, 0.6) is 11.6 Å². The average molecular weight is 351 g/mol. The smallest absolute Gasteiger partial charge is 0.256 e. The molecule has 2 aromatic rings. The largest absolute Gasteiger partial charge is 0.497 e. The molecule has 0 aliphatic rings. The van der Waals surface area contributed by atoms with Crippen LogP contribution < -0.4 is 14.8 Å². The number of nitrogens with one attached hydrogen (secondary N) is 1. The molecule has 0 aliphatic carbocycles. The molecule has 0 aliphatic heterocycles. The first-order valence-corrected chi connectivity index (χ1v) is 7.17. The lowest BCUT2D eigenvalue weighted by Crippen LogP contribution is -2.13. The van der Waals surface area contributed by atoms with Crippen LogP contribution in [-0.2, 0) is 0 Å². The van der Waals surface area contributed by atoms with Gasteiger partial charge in [0.25, 0.3) is 5.91 Å². The van der Waals surface area contributed by atoms with Crippen molar-refractivity contribution in [2.45, 2.75) is 6.92 Å². The number of benzene rings is 1. The Kier molecular flexibility index (Phi) is 5.16. The number of carbonyl (C=O) groups is 1. The molecular weight excluding hydrogens is 336 g/mol. The Morgan fingerprint density at radius 3 is 2.76 bits per heavy atom. The van der Waals surface area contributed by atoms with Gasteiger partial charge in [-0.3, -0.25) is 4.79 Å². The lowest BCUT2D eigenvalue weighted by atomic mass is 10.2. The SMILES string of the molecule is CCOc1ccc(NC(=O)c2cc(OC)ccc2Br)cn1. The van der Waals surface area contributed by atoms with E-state index < -0.39 is 0 Å². The third kappa shape index (κ3) is 3.95. The predicted octanol–water partition coefficient (Wildman–Crippen LogP) is 3.50. The van der Waals surface area contributed by atoms with E-state index in [1.165, 1.54) is 0 Å². The molecule has 0 atom stereocenters. The van der Waals surface area contributed by atoms with Gasteiger partial charge in [0.1, 0.15) is 5.75 Å². The molecule has 1 heterocycles. The van der Waals surface area contributed by atoms with Crippen LogP contribution in [0.15, 0.2) is 41.0 Å². The van der Waals surface area contributed by atoms with E-state index in [-0.39, 0.29) is 5.91 Å². The molecule has 0 saturated heterocycles. The molecule has 0 radical (unpaired) electrons. The quantitative estimate of drug-likeness (QED) is 0.896. The molecule has 6 heteroatoms. The van der Waals surface area contributed by atoms with Gasteiger partial charge in [-0.25, -0.2) is 4.98 Å². The predicted molar refractivity (Wildman–Crippen MR) is 84.1 cm³/mol. The molecule has 0 unspecified atom stereocenters. The van der Waals surface area contributed by atoms with E-state index in [4.69, 9.17) is 9.47 Å². The number of halogens is 1. The van der Waals surface area contributed by atoms with Crippen molar-refractivity contribution in [3.8, 4) is 11.6 Å². The standard InChI is InChI=1S/C15H15BrN2O3/c1-3-21-14-7-4-10(9-17-14)18-15(19)12-8-11(20-2)5-6-13(12)16/h4-9H,3H2,1-2H3,(H,18,19). The maximum absolute atomic E-state index is 12.3. The zero-order valence-electron chi connectivity index (χ0n) is 11.7. The number of methoxy groups -OCH3 is 1. The van der Waals surface area contributed by atoms with Crippen molar-refractivity contribution in [3.05, 3.63) is 46.6 Å². The average Bonchev–Trinajstić information content (AvgIpc) is 2.50. The Morgan fingerprint density at radius 2 is 2.14 bits per heavy atom. The Bertz CT molecular complexity index is 629. The first-order valence-electron chi connectivity index (χ1n) is 6.37. The van der Waals surface area contributed by atoms with Gasteiger partial charge in [-0.15, -0.1) is 0 Å². The molecule has 2 rings (SSSR count). The number of pyridine rings is 1. The fourth-order valence-electron chi connectivity index (χ4n) is 1.69. The van der Waals surface area contributed by atoms with Crippen LogP contribution in [0.2, 0.25) is 0 Å². The van der Waals surface area contributed by atoms with Crippen molar-refractivity contribution in [1.82, 2.24) is 4.98 Å². The van der Waals surface area contributed by atoms with Gasteiger partial charge in [-0.05, 0) is 47.1 Å². The van der Waals surface area contributed by atoms with Gasteiger partial charge >= 0.3 is 0 Å². The fraction of sp³-hybridized carbons (Fsp3) is 0.200. The Labute approximate surface area is 131 Å². The molecule has 1 amide bonds. The van der Waals surface area contributed by atoms with Gasteiger partial charge in [0.05, 0.1) is 31.2 Å². The summed E-state index contributed by atoms with van der Waals surface area (Å²) >= 11 is 3.35. The summed E-state index contributed by atoms with van der Waals surface area (Å²) in [7, 11) is 1.56. The van der Waals surface area contributed by atoms with E-state index >= 15 is 0 Å². The van der Waals surface area contributed by atoms with Crippen molar-refractivity contribution in [3.63, 3.8) is 0 Å². The first-order chi connectivity index (χ1) is 10.1. The second-order valence-electron chi connectivity index (χ2n) is 4.12. The molecule has 0 bridgehead atoms. The monoisotopic (exact) mass is 350 g/mol. The molecule has 110 valence electrons. The van der Waals surface area contributed by atoms with Crippen LogP contribution in [-0.4, -0.2) is 24.6 Å². The maximum atomic E-state index is 12.3. The van der Waals surface area contributed by atoms with Crippen LogP contribution in [0.4, 0.5) is 5.69 Å². The molecule has 0 saturated carbocycles. The summed E-state index contributed by atoms with van der Waals surface area (Å²) in [5.74, 6) is 0.901.